The van der Waals surface area contributed by atoms with Crippen molar-refractivity contribution in [2.24, 2.45) is 10.8 Å². The number of nitrogens with one attached hydrogen (secondary N) is 3. The van der Waals surface area contributed by atoms with Gasteiger partial charge < -0.3 is 10.6 Å². The van der Waals surface area contributed by atoms with E-state index in [-0.39, 0.29) is 22.9 Å². The Labute approximate surface area is 290 Å². The number of nitriles is 2. The van der Waals surface area contributed by atoms with Gasteiger partial charge in [0.25, 0.3) is 0 Å². The maximum atomic E-state index is 14.4. The highest BCUT2D eigenvalue weighted by Crippen LogP contribution is 2.52. The molecule has 250 valence electrons. The maximum absolute atomic E-state index is 14.4. The molecule has 50 heavy (non-hydrogen) atoms. The minimum atomic E-state index is -0.495. The molecular formula is C40H38N8O2. The van der Waals surface area contributed by atoms with Crippen molar-refractivity contribution in [2.45, 2.75) is 78.7 Å². The van der Waals surface area contributed by atoms with E-state index in [4.69, 9.17) is 5.10 Å². The number of carbonyl (C=O) groups is 2. The molecule has 2 aliphatic carbocycles. The first-order valence-electron chi connectivity index (χ1n) is 17.1. The van der Waals surface area contributed by atoms with Gasteiger partial charge in [-0.1, -0.05) is 51.1 Å². The maximum Gasteiger partial charge on any atom is 0.162 e. The molecule has 2 aromatic carbocycles. The summed E-state index contributed by atoms with van der Waals surface area (Å²) in [4.78, 5) is 28.2. The van der Waals surface area contributed by atoms with Crippen molar-refractivity contribution in [1.29, 1.82) is 10.5 Å². The smallest absolute Gasteiger partial charge is 0.162 e. The lowest BCUT2D eigenvalue weighted by atomic mass is 9.67. The second-order valence-corrected chi connectivity index (χ2v) is 15.5. The zero-order valence-corrected chi connectivity index (χ0v) is 28.9. The largest absolute Gasteiger partial charge is 0.342 e. The summed E-state index contributed by atoms with van der Waals surface area (Å²) < 4.78 is 1.99. The molecule has 10 nitrogen and oxygen atoms in total. The van der Waals surface area contributed by atoms with Crippen LogP contribution in [0, 0.1) is 47.3 Å². The number of nitrogens with zero attached hydrogens (tertiary/aromatic N) is 5. The molecule has 0 bridgehead atoms. The van der Waals surface area contributed by atoms with Gasteiger partial charge in [0.1, 0.15) is 0 Å². The monoisotopic (exact) mass is 662 g/mol. The van der Waals surface area contributed by atoms with Crippen LogP contribution in [0.3, 0.4) is 0 Å². The van der Waals surface area contributed by atoms with Crippen LogP contribution >= 0.6 is 0 Å². The molecule has 3 unspecified atom stereocenters. The zero-order chi connectivity index (χ0) is 35.1. The van der Waals surface area contributed by atoms with Crippen molar-refractivity contribution in [2.75, 3.05) is 10.6 Å². The zero-order valence-electron chi connectivity index (χ0n) is 28.9. The third-order valence-electron chi connectivity index (χ3n) is 10.9. The van der Waals surface area contributed by atoms with Gasteiger partial charge in [0.15, 0.2) is 23.2 Å². The molecule has 0 saturated carbocycles. The van der Waals surface area contributed by atoms with Gasteiger partial charge in [-0.25, -0.2) is 0 Å². The Balaban J connectivity index is 1.19. The number of aryl methyl sites for hydroxylation is 1. The van der Waals surface area contributed by atoms with E-state index in [0.717, 1.165) is 50.6 Å². The Kier molecular flexibility index (Phi) is 7.03. The van der Waals surface area contributed by atoms with Crippen molar-refractivity contribution < 1.29 is 9.59 Å². The number of carbonyl (C=O) groups excluding carboxylic acids is 2. The summed E-state index contributed by atoms with van der Waals surface area (Å²) in [7, 11) is 0. The van der Waals surface area contributed by atoms with Gasteiger partial charge in [-0.3, -0.25) is 19.4 Å². The van der Waals surface area contributed by atoms with Gasteiger partial charge in [-0.05, 0) is 66.8 Å². The number of benzene rings is 2. The molecule has 4 aromatic rings. The van der Waals surface area contributed by atoms with Crippen LogP contribution in [0.2, 0.25) is 0 Å². The fourth-order valence-electron chi connectivity index (χ4n) is 8.83. The fraction of sp³-hybridized carbons (Fsp3) is 0.350. The molecule has 4 aliphatic rings. The van der Waals surface area contributed by atoms with Crippen LogP contribution in [0.5, 0.6) is 0 Å². The van der Waals surface area contributed by atoms with Gasteiger partial charge in [0.05, 0.1) is 23.3 Å². The Morgan fingerprint density at radius 1 is 0.840 bits per heavy atom. The second-order valence-electron chi connectivity index (χ2n) is 15.5. The number of Topliss-reactive ketones (excluding diaryl/α,β-unsaturated/α-hetero) is 2. The van der Waals surface area contributed by atoms with E-state index in [1.165, 1.54) is 0 Å². The van der Waals surface area contributed by atoms with Gasteiger partial charge in [0, 0.05) is 76.3 Å². The summed E-state index contributed by atoms with van der Waals surface area (Å²) in [5, 5.41) is 39.6. The lowest BCUT2D eigenvalue weighted by Crippen LogP contribution is -2.38. The quantitative estimate of drug-likeness (QED) is 0.210. The number of H-pyrrole nitrogens is 1. The lowest BCUT2D eigenvalue weighted by molar-refractivity contribution is -0.119. The van der Waals surface area contributed by atoms with Crippen LogP contribution < -0.4 is 10.6 Å². The van der Waals surface area contributed by atoms with Crippen LogP contribution in [0.15, 0.2) is 71.1 Å². The van der Waals surface area contributed by atoms with Crippen molar-refractivity contribution >= 4 is 23.2 Å². The van der Waals surface area contributed by atoms with Gasteiger partial charge in [-0.2, -0.15) is 20.7 Å². The number of rotatable bonds is 4. The third kappa shape index (κ3) is 4.89. The second kappa shape index (κ2) is 11.1. The van der Waals surface area contributed by atoms with Gasteiger partial charge in [0.2, 0.25) is 0 Å². The van der Waals surface area contributed by atoms with E-state index >= 15 is 0 Å². The number of aromatic amines is 1. The molecule has 10 heteroatoms. The molecule has 4 heterocycles. The Morgan fingerprint density at radius 3 is 2.34 bits per heavy atom. The first kappa shape index (κ1) is 31.5. The number of ketones is 2. The third-order valence-corrected chi connectivity index (χ3v) is 10.9. The molecule has 0 saturated heterocycles. The number of hydrogen-bond donors (Lipinski definition) is 3. The number of hydrogen-bond acceptors (Lipinski definition) is 8. The summed E-state index contributed by atoms with van der Waals surface area (Å²) in [5.74, 6) is 0.781. The number of anilines is 2. The van der Waals surface area contributed by atoms with Crippen LogP contribution in [-0.2, 0) is 16.1 Å². The molecule has 2 aromatic heterocycles. The van der Waals surface area contributed by atoms with Crippen molar-refractivity contribution in [1.82, 2.24) is 20.0 Å². The molecule has 8 rings (SSSR count). The van der Waals surface area contributed by atoms with Crippen LogP contribution in [-0.4, -0.2) is 31.5 Å². The van der Waals surface area contributed by atoms with Crippen LogP contribution in [0.25, 0.3) is 0 Å². The predicted octanol–water partition coefficient (Wildman–Crippen LogP) is 7.05. The van der Waals surface area contributed by atoms with Gasteiger partial charge in [-0.15, -0.1) is 0 Å². The Morgan fingerprint density at radius 2 is 1.56 bits per heavy atom. The minimum Gasteiger partial charge on any atom is -0.342 e. The highest BCUT2D eigenvalue weighted by Gasteiger charge is 2.46. The number of fused-ring (bicyclic) bond motifs is 2. The summed E-state index contributed by atoms with van der Waals surface area (Å²) in [6, 6.07) is 19.6. The fourth-order valence-corrected chi connectivity index (χ4v) is 8.83. The van der Waals surface area contributed by atoms with Crippen LogP contribution in [0.1, 0.15) is 103 Å². The molecule has 3 N–H and O–H groups in total. The SMILES string of the molecule is Cc1[nH]nc2c1C(c1ccccc1C#N)C1=C(CC(C)(Cn3nc4c(c3C)C(c3cccc(C#N)c3)C3=C(CC(C)(C)CC3=O)N4)CC1=O)N2. The summed E-state index contributed by atoms with van der Waals surface area (Å²) in [6.07, 6.45) is 2.05. The summed E-state index contributed by atoms with van der Waals surface area (Å²) in [6.45, 7) is 10.8. The topological polar surface area (TPSA) is 152 Å². The van der Waals surface area contributed by atoms with E-state index in [1.54, 1.807) is 12.1 Å². The average Bonchev–Trinajstić information content (AvgIpc) is 3.59. The summed E-state index contributed by atoms with van der Waals surface area (Å²) in [5.41, 5.74) is 8.85. The first-order valence-corrected chi connectivity index (χ1v) is 17.1. The standard InChI is InChI=1S/C40H38N8O2/c1-21-31-34(26-12-7-6-10-25(26)19-42)36-28(43-37(31)46-45-21)15-40(5,17-30(36)50)20-48-22(2)32-33(24-11-8-9-23(13-24)18-41)35-27(44-38(32)47-48)14-39(3,4)16-29(35)49/h6-13,33-34H,14-17,20H2,1-5H3,(H,44,47)(H2,43,45,46). The number of allylic oxidation sites excluding steroid dienone is 4. The van der Waals surface area contributed by atoms with Crippen molar-refractivity contribution in [3.05, 3.63) is 116 Å². The predicted molar refractivity (Wildman–Crippen MR) is 188 cm³/mol. The Bertz CT molecular complexity index is 2300. The summed E-state index contributed by atoms with van der Waals surface area (Å²) >= 11 is 0. The highest BCUT2D eigenvalue weighted by molar-refractivity contribution is 6.02. The van der Waals surface area contributed by atoms with E-state index in [9.17, 15) is 20.1 Å². The highest BCUT2D eigenvalue weighted by atomic mass is 16.1. The average molecular weight is 663 g/mol. The van der Waals surface area contributed by atoms with E-state index in [0.29, 0.717) is 60.6 Å². The van der Waals surface area contributed by atoms with Crippen molar-refractivity contribution in [3.8, 4) is 12.1 Å². The molecule has 2 aliphatic heterocycles. The van der Waals surface area contributed by atoms with Crippen LogP contribution in [0.4, 0.5) is 11.6 Å². The normalized spacial score (nSPS) is 23.5. The van der Waals surface area contributed by atoms with E-state index in [2.05, 4.69) is 53.7 Å². The van der Waals surface area contributed by atoms with E-state index in [1.807, 2.05) is 54.9 Å². The minimum absolute atomic E-state index is 0.0362. The van der Waals surface area contributed by atoms with Gasteiger partial charge >= 0.3 is 0 Å². The molecule has 0 amide bonds. The molecule has 0 fully saturated rings. The molecule has 3 atom stereocenters. The molecule has 0 spiro atoms. The molecule has 0 radical (unpaired) electrons. The lowest BCUT2D eigenvalue weighted by Gasteiger charge is -2.40. The molecular weight excluding hydrogens is 624 g/mol. The van der Waals surface area contributed by atoms with E-state index < -0.39 is 11.3 Å². The van der Waals surface area contributed by atoms with Crippen molar-refractivity contribution in [3.63, 3.8) is 0 Å². The first-order chi connectivity index (χ1) is 23.9. The Hall–Kier alpha value is -5.74. The number of aromatic nitrogens is 4.